The lowest BCUT2D eigenvalue weighted by Gasteiger charge is -2.34. The number of nitrogens with two attached hydrogens (primary N) is 1. The maximum atomic E-state index is 12.3. The van der Waals surface area contributed by atoms with Gasteiger partial charge in [0.15, 0.2) is 5.65 Å². The molecule has 1 atom stereocenters. The molecular weight excluding hydrogens is 554 g/mol. The van der Waals surface area contributed by atoms with Crippen LogP contribution in [0.5, 0.6) is 5.75 Å². The first-order valence-corrected chi connectivity index (χ1v) is 15.3. The van der Waals surface area contributed by atoms with Crippen molar-refractivity contribution < 1.29 is 14.3 Å². The van der Waals surface area contributed by atoms with Crippen molar-refractivity contribution >= 4 is 34.4 Å². The molecule has 0 amide bonds. The third-order valence-electron chi connectivity index (χ3n) is 8.77. The summed E-state index contributed by atoms with van der Waals surface area (Å²) >= 11 is 0. The van der Waals surface area contributed by atoms with Crippen molar-refractivity contribution in [1.29, 1.82) is 0 Å². The van der Waals surface area contributed by atoms with Gasteiger partial charge in [0.1, 0.15) is 30.3 Å². The van der Waals surface area contributed by atoms with Crippen LogP contribution in [0.25, 0.3) is 17.1 Å². The monoisotopic (exact) mass is 591 g/mol. The summed E-state index contributed by atoms with van der Waals surface area (Å²) in [5.74, 6) is 1.24. The van der Waals surface area contributed by atoms with Crippen LogP contribution >= 0.6 is 0 Å². The number of nitrogens with zero attached hydrogens (tertiary/aromatic N) is 6. The number of aromatic nitrogens is 4. The van der Waals surface area contributed by atoms with Crippen LogP contribution in [0.1, 0.15) is 41.1 Å². The van der Waals surface area contributed by atoms with E-state index in [4.69, 9.17) is 20.3 Å². The Labute approximate surface area is 256 Å². The molecule has 4 heterocycles. The maximum absolute atomic E-state index is 12.3. The topological polar surface area (TPSA) is 112 Å². The van der Waals surface area contributed by atoms with Crippen molar-refractivity contribution in [3.8, 4) is 5.75 Å². The number of fused-ring (bicyclic) bond motifs is 2. The van der Waals surface area contributed by atoms with Crippen LogP contribution < -0.4 is 15.4 Å². The summed E-state index contributed by atoms with van der Waals surface area (Å²) in [7, 11) is 0. The summed E-state index contributed by atoms with van der Waals surface area (Å²) < 4.78 is 13.8. The summed E-state index contributed by atoms with van der Waals surface area (Å²) in [6.45, 7) is 8.15. The lowest BCUT2D eigenvalue weighted by atomic mass is 9.91. The van der Waals surface area contributed by atoms with Crippen LogP contribution in [0.15, 0.2) is 66.6 Å². The van der Waals surface area contributed by atoms with Gasteiger partial charge in [-0.2, -0.15) is 5.10 Å². The predicted molar refractivity (Wildman–Crippen MR) is 170 cm³/mol. The Morgan fingerprint density at radius 3 is 2.82 bits per heavy atom. The Morgan fingerprint density at radius 2 is 1.95 bits per heavy atom. The number of hydrogen-bond acceptors (Lipinski definition) is 9. The highest BCUT2D eigenvalue weighted by Crippen LogP contribution is 2.38. The van der Waals surface area contributed by atoms with Gasteiger partial charge in [-0.25, -0.2) is 14.6 Å². The number of allylic oxidation sites excluding steroid dienone is 3. The highest BCUT2D eigenvalue weighted by atomic mass is 16.5. The fourth-order valence-electron chi connectivity index (χ4n) is 6.41. The average Bonchev–Trinajstić information content (AvgIpc) is 3.41. The molecule has 44 heavy (non-hydrogen) atoms. The molecule has 2 aromatic heterocycles. The van der Waals surface area contributed by atoms with Crippen LogP contribution in [-0.2, 0) is 22.6 Å². The van der Waals surface area contributed by atoms with Crippen LogP contribution in [-0.4, -0.2) is 69.9 Å². The van der Waals surface area contributed by atoms with Gasteiger partial charge in [0.2, 0.25) is 0 Å². The molecule has 7 rings (SSSR count). The van der Waals surface area contributed by atoms with Gasteiger partial charge >= 0.3 is 0 Å². The van der Waals surface area contributed by atoms with Crippen molar-refractivity contribution in [2.45, 2.75) is 38.8 Å². The van der Waals surface area contributed by atoms with Crippen molar-refractivity contribution in [3.05, 3.63) is 89.0 Å². The van der Waals surface area contributed by atoms with E-state index < -0.39 is 0 Å². The number of ether oxygens (including phenoxy) is 2. The number of anilines is 2. The standard InChI is InChI=1S/C34H37N7O3/c1-23-6-4-7-24-18-26(20-41-34-31(33(35)36-22-37-34)32(38-41)25-8-5-9-27(42)19-25)40(21-28(23)24)29-10-2-3-11-30(29)44-17-14-39-12-15-43-16-13-39/h2-8,10-11,18,22,25H,9,12-17,19-21H2,1H3,(H2,35,36,37). The highest BCUT2D eigenvalue weighted by Gasteiger charge is 2.28. The number of Topliss-reactive ketones (excluding diaryl/α,β-unsaturated/α-hetero) is 1. The fourth-order valence-corrected chi connectivity index (χ4v) is 6.41. The van der Waals surface area contributed by atoms with E-state index in [1.807, 2.05) is 22.9 Å². The zero-order valence-corrected chi connectivity index (χ0v) is 25.0. The van der Waals surface area contributed by atoms with E-state index >= 15 is 0 Å². The normalized spacial score (nSPS) is 18.8. The average molecular weight is 592 g/mol. The van der Waals surface area contributed by atoms with Gasteiger partial charge in [-0.15, -0.1) is 0 Å². The molecule has 2 aromatic carbocycles. The molecule has 1 unspecified atom stereocenters. The van der Waals surface area contributed by atoms with E-state index in [-0.39, 0.29) is 11.7 Å². The SMILES string of the molecule is Cc1cccc2c1CN(c1ccccc1OCCN1CCOCC1)C(Cn1nc(C3C=CCC(=O)C3)c3c(N)ncnc31)=C2. The summed E-state index contributed by atoms with van der Waals surface area (Å²) in [5, 5.41) is 5.76. The van der Waals surface area contributed by atoms with E-state index in [1.165, 1.54) is 23.0 Å². The third-order valence-corrected chi connectivity index (χ3v) is 8.77. The second kappa shape index (κ2) is 12.2. The lowest BCUT2D eigenvalue weighted by Crippen LogP contribution is -2.38. The number of carbonyl (C=O) groups excluding carboxylic acids is 1. The minimum Gasteiger partial charge on any atom is -0.490 e. The quantitative estimate of drug-likeness (QED) is 0.296. The Hall–Kier alpha value is -4.54. The van der Waals surface area contributed by atoms with Gasteiger partial charge in [0, 0.05) is 50.6 Å². The molecule has 2 aliphatic heterocycles. The van der Waals surface area contributed by atoms with Crippen LogP contribution in [0, 0.1) is 6.92 Å². The number of para-hydroxylation sites is 2. The molecule has 1 aliphatic carbocycles. The smallest absolute Gasteiger partial charge is 0.163 e. The molecule has 2 N–H and O–H groups in total. The summed E-state index contributed by atoms with van der Waals surface area (Å²) in [6.07, 6.45) is 8.53. The molecule has 0 spiro atoms. The molecule has 10 heteroatoms. The second-order valence-corrected chi connectivity index (χ2v) is 11.6. The van der Waals surface area contributed by atoms with E-state index in [0.717, 1.165) is 55.7 Å². The Bertz CT molecular complexity index is 1760. The molecule has 0 radical (unpaired) electrons. The number of nitrogen functional groups attached to an aromatic ring is 1. The molecule has 10 nitrogen and oxygen atoms in total. The Kier molecular flexibility index (Phi) is 7.84. The van der Waals surface area contributed by atoms with Crippen LogP contribution in [0.3, 0.4) is 0 Å². The van der Waals surface area contributed by atoms with Gasteiger partial charge in [-0.05, 0) is 41.8 Å². The molecule has 226 valence electrons. The maximum Gasteiger partial charge on any atom is 0.163 e. The Morgan fingerprint density at radius 1 is 1.09 bits per heavy atom. The van der Waals surface area contributed by atoms with Gasteiger partial charge in [-0.1, -0.05) is 42.5 Å². The highest BCUT2D eigenvalue weighted by molar-refractivity contribution is 5.90. The van der Waals surface area contributed by atoms with Crippen molar-refractivity contribution in [3.63, 3.8) is 0 Å². The van der Waals surface area contributed by atoms with Gasteiger partial charge in [-0.3, -0.25) is 9.69 Å². The first-order valence-electron chi connectivity index (χ1n) is 15.3. The molecular formula is C34H37N7O3. The van der Waals surface area contributed by atoms with E-state index in [2.05, 4.69) is 69.2 Å². The first kappa shape index (κ1) is 28.2. The number of ketones is 1. The second-order valence-electron chi connectivity index (χ2n) is 11.6. The molecule has 4 aromatic rings. The summed E-state index contributed by atoms with van der Waals surface area (Å²) in [5.41, 5.74) is 13.6. The number of rotatable bonds is 8. The summed E-state index contributed by atoms with van der Waals surface area (Å²) in [4.78, 5) is 25.9. The number of benzene rings is 2. The number of hydrogen-bond donors (Lipinski definition) is 1. The Balaban J connectivity index is 1.25. The van der Waals surface area contributed by atoms with Crippen molar-refractivity contribution in [1.82, 2.24) is 24.6 Å². The third kappa shape index (κ3) is 5.58. The van der Waals surface area contributed by atoms with Gasteiger partial charge in [0.25, 0.3) is 0 Å². The lowest BCUT2D eigenvalue weighted by molar-refractivity contribution is -0.118. The largest absolute Gasteiger partial charge is 0.490 e. The molecule has 1 fully saturated rings. The molecule has 0 saturated carbocycles. The van der Waals surface area contributed by atoms with Crippen molar-refractivity contribution in [2.24, 2.45) is 0 Å². The van der Waals surface area contributed by atoms with Crippen LogP contribution in [0.2, 0.25) is 0 Å². The fraction of sp³-hybridized carbons (Fsp3) is 0.353. The van der Waals surface area contributed by atoms with Crippen LogP contribution in [0.4, 0.5) is 11.5 Å². The predicted octanol–water partition coefficient (Wildman–Crippen LogP) is 4.49. The van der Waals surface area contributed by atoms with Gasteiger partial charge < -0.3 is 20.1 Å². The zero-order valence-electron chi connectivity index (χ0n) is 25.0. The zero-order chi connectivity index (χ0) is 30.0. The number of aryl methyl sites for hydroxylation is 1. The van der Waals surface area contributed by atoms with E-state index in [1.54, 1.807) is 0 Å². The van der Waals surface area contributed by atoms with Gasteiger partial charge in [0.05, 0.1) is 36.5 Å². The molecule has 0 bridgehead atoms. The molecule has 3 aliphatic rings. The minimum atomic E-state index is -0.159. The van der Waals surface area contributed by atoms with E-state index in [9.17, 15) is 4.79 Å². The van der Waals surface area contributed by atoms with E-state index in [0.29, 0.717) is 49.4 Å². The number of morpholine rings is 1. The minimum absolute atomic E-state index is 0.159. The van der Waals surface area contributed by atoms with Crippen molar-refractivity contribution in [2.75, 3.05) is 50.1 Å². The first-order chi connectivity index (χ1) is 21.5. The number of carbonyl (C=O) groups is 1. The summed E-state index contributed by atoms with van der Waals surface area (Å²) in [6, 6.07) is 14.7. The molecule has 1 saturated heterocycles.